The highest BCUT2D eigenvalue weighted by atomic mass is 32.1. The van der Waals surface area contributed by atoms with E-state index in [1.54, 1.807) is 11.5 Å². The Balaban J connectivity index is 1.90. The third-order valence-corrected chi connectivity index (χ3v) is 5.05. The van der Waals surface area contributed by atoms with Gasteiger partial charge in [-0.3, -0.25) is 4.40 Å². The van der Waals surface area contributed by atoms with E-state index in [-0.39, 0.29) is 0 Å². The highest BCUT2D eigenvalue weighted by molar-refractivity contribution is 7.04. The third kappa shape index (κ3) is 2.37. The highest BCUT2D eigenvalue weighted by Crippen LogP contribution is 2.21. The maximum atomic E-state index is 4.86. The predicted molar refractivity (Wildman–Crippen MR) is 102 cm³/mol. The summed E-state index contributed by atoms with van der Waals surface area (Å²) in [6, 6.07) is 28.5. The molecule has 0 atom stereocenters. The van der Waals surface area contributed by atoms with Gasteiger partial charge in [0.05, 0.1) is 22.4 Å². The SMILES string of the molecule is c1ccc(N=c2sn(-c3ccccc3)c3nc4ccccc4n23)cc1. The Bertz CT molecular complexity index is 1230. The maximum absolute atomic E-state index is 4.86. The van der Waals surface area contributed by atoms with Gasteiger partial charge in [0.25, 0.3) is 0 Å². The van der Waals surface area contributed by atoms with Gasteiger partial charge in [-0.05, 0) is 47.9 Å². The van der Waals surface area contributed by atoms with E-state index < -0.39 is 0 Å². The van der Waals surface area contributed by atoms with Crippen molar-refractivity contribution in [1.29, 1.82) is 0 Å². The van der Waals surface area contributed by atoms with E-state index >= 15 is 0 Å². The first-order valence-electron chi connectivity index (χ1n) is 8.05. The molecule has 5 rings (SSSR count). The van der Waals surface area contributed by atoms with Crippen molar-refractivity contribution >= 4 is 34.0 Å². The number of imidazole rings is 1. The molecule has 0 spiro atoms. The number of hydrogen-bond acceptors (Lipinski definition) is 3. The van der Waals surface area contributed by atoms with Gasteiger partial charge in [0.15, 0.2) is 0 Å². The molecule has 5 heteroatoms. The molecule has 0 saturated carbocycles. The first-order valence-corrected chi connectivity index (χ1v) is 8.82. The fourth-order valence-electron chi connectivity index (χ4n) is 2.92. The van der Waals surface area contributed by atoms with Crippen LogP contribution in [0, 0.1) is 0 Å². The molecule has 2 heterocycles. The summed E-state index contributed by atoms with van der Waals surface area (Å²) < 4.78 is 4.25. The second kappa shape index (κ2) is 5.72. The van der Waals surface area contributed by atoms with E-state index in [1.165, 1.54) is 0 Å². The Morgan fingerprint density at radius 3 is 2.24 bits per heavy atom. The third-order valence-electron chi connectivity index (χ3n) is 4.06. The van der Waals surface area contributed by atoms with Crippen molar-refractivity contribution in [2.75, 3.05) is 0 Å². The second-order valence-electron chi connectivity index (χ2n) is 5.69. The Labute approximate surface area is 148 Å². The van der Waals surface area contributed by atoms with Gasteiger partial charge < -0.3 is 0 Å². The summed E-state index contributed by atoms with van der Waals surface area (Å²) in [4.78, 5) is 10.6. The molecular formula is C20H14N4S. The van der Waals surface area contributed by atoms with Crippen LogP contribution in [0.25, 0.3) is 22.5 Å². The standard InChI is InChI=1S/C20H14N4S/c1-3-9-15(10-4-1)21-20-23-18-14-8-7-13-17(18)22-19(23)24(25-20)16-11-5-2-6-12-16/h1-14H. The van der Waals surface area contributed by atoms with E-state index in [9.17, 15) is 0 Å². The minimum absolute atomic E-state index is 0.882. The van der Waals surface area contributed by atoms with Crippen molar-refractivity contribution < 1.29 is 0 Å². The first-order chi connectivity index (χ1) is 12.4. The monoisotopic (exact) mass is 342 g/mol. The predicted octanol–water partition coefficient (Wildman–Crippen LogP) is 4.57. The van der Waals surface area contributed by atoms with Gasteiger partial charge in [-0.2, -0.15) is 0 Å². The molecule has 0 saturated heterocycles. The molecule has 0 N–H and O–H groups in total. The summed E-state index contributed by atoms with van der Waals surface area (Å²) in [5.41, 5.74) is 4.06. The topological polar surface area (TPSA) is 34.6 Å². The van der Waals surface area contributed by atoms with Gasteiger partial charge in [-0.15, -0.1) is 0 Å². The lowest BCUT2D eigenvalue weighted by Crippen LogP contribution is -2.04. The number of hydrogen-bond donors (Lipinski definition) is 0. The number of aromatic nitrogens is 3. The molecule has 0 unspecified atom stereocenters. The maximum Gasteiger partial charge on any atom is 0.231 e. The minimum atomic E-state index is 0.882. The molecule has 5 aromatic rings. The van der Waals surface area contributed by atoms with E-state index in [1.807, 2.05) is 66.7 Å². The lowest BCUT2D eigenvalue weighted by Gasteiger charge is -1.99. The summed E-state index contributed by atoms with van der Waals surface area (Å²) in [5, 5.41) is 0. The van der Waals surface area contributed by atoms with Crippen LogP contribution in [0.2, 0.25) is 0 Å². The van der Waals surface area contributed by atoms with Crippen LogP contribution >= 0.6 is 11.5 Å². The smallest absolute Gasteiger partial charge is 0.231 e. The number of para-hydroxylation sites is 4. The zero-order valence-electron chi connectivity index (χ0n) is 13.3. The lowest BCUT2D eigenvalue weighted by atomic mass is 10.3. The summed E-state index contributed by atoms with van der Waals surface area (Å²) in [6.45, 7) is 0. The molecule has 0 radical (unpaired) electrons. The quantitative estimate of drug-likeness (QED) is 0.463. The van der Waals surface area contributed by atoms with Crippen LogP contribution < -0.4 is 4.80 Å². The largest absolute Gasteiger partial charge is 0.251 e. The van der Waals surface area contributed by atoms with Gasteiger partial charge in [0, 0.05) is 0 Å². The molecule has 4 nitrogen and oxygen atoms in total. The second-order valence-corrected chi connectivity index (χ2v) is 6.60. The van der Waals surface area contributed by atoms with Crippen LogP contribution in [-0.4, -0.2) is 13.3 Å². The number of rotatable bonds is 2. The Hall–Kier alpha value is -3.18. The van der Waals surface area contributed by atoms with Crippen LogP contribution in [0.3, 0.4) is 0 Å². The normalized spacial score (nSPS) is 12.2. The molecule has 2 aromatic heterocycles. The molecule has 0 aliphatic rings. The lowest BCUT2D eigenvalue weighted by molar-refractivity contribution is 1.10. The van der Waals surface area contributed by atoms with Crippen LogP contribution in [-0.2, 0) is 0 Å². The first kappa shape index (κ1) is 14.2. The van der Waals surface area contributed by atoms with E-state index in [0.717, 1.165) is 33.0 Å². The molecule has 3 aromatic carbocycles. The summed E-state index contributed by atoms with van der Waals surface area (Å²) >= 11 is 1.59. The van der Waals surface area contributed by atoms with Crippen molar-refractivity contribution in [3.63, 3.8) is 0 Å². The van der Waals surface area contributed by atoms with Gasteiger partial charge in [-0.25, -0.2) is 13.9 Å². The average molecular weight is 342 g/mol. The molecular weight excluding hydrogens is 328 g/mol. The highest BCUT2D eigenvalue weighted by Gasteiger charge is 2.13. The minimum Gasteiger partial charge on any atom is -0.251 e. The van der Waals surface area contributed by atoms with Crippen LogP contribution in [0.5, 0.6) is 0 Å². The molecule has 0 bridgehead atoms. The van der Waals surface area contributed by atoms with Crippen LogP contribution in [0.15, 0.2) is 89.9 Å². The number of benzene rings is 3. The number of nitrogens with zero attached hydrogens (tertiary/aromatic N) is 4. The molecule has 120 valence electrons. The Kier molecular flexibility index (Phi) is 3.24. The van der Waals surface area contributed by atoms with Gasteiger partial charge in [-0.1, -0.05) is 48.5 Å². The van der Waals surface area contributed by atoms with Crippen molar-refractivity contribution in [3.8, 4) is 5.69 Å². The zero-order valence-corrected chi connectivity index (χ0v) is 14.1. The van der Waals surface area contributed by atoms with Gasteiger partial charge >= 0.3 is 0 Å². The molecule has 25 heavy (non-hydrogen) atoms. The summed E-state index contributed by atoms with van der Waals surface area (Å²) in [5.74, 6) is 0.882. The molecule has 0 fully saturated rings. The number of fused-ring (bicyclic) bond motifs is 3. The summed E-state index contributed by atoms with van der Waals surface area (Å²) in [6.07, 6.45) is 0. The average Bonchev–Trinajstić information content (AvgIpc) is 3.21. The van der Waals surface area contributed by atoms with Gasteiger partial charge in [0.1, 0.15) is 0 Å². The fraction of sp³-hybridized carbons (Fsp3) is 0. The van der Waals surface area contributed by atoms with Crippen LogP contribution in [0.4, 0.5) is 5.69 Å². The summed E-state index contributed by atoms with van der Waals surface area (Å²) in [7, 11) is 0. The van der Waals surface area contributed by atoms with Crippen molar-refractivity contribution in [2.45, 2.75) is 0 Å². The Morgan fingerprint density at radius 1 is 0.760 bits per heavy atom. The van der Waals surface area contributed by atoms with E-state index in [2.05, 4.69) is 26.6 Å². The fourth-order valence-corrected chi connectivity index (χ4v) is 3.92. The van der Waals surface area contributed by atoms with Gasteiger partial charge in [0.2, 0.25) is 10.6 Å². The van der Waals surface area contributed by atoms with Crippen LogP contribution in [0.1, 0.15) is 0 Å². The van der Waals surface area contributed by atoms with Crippen molar-refractivity contribution in [1.82, 2.24) is 13.3 Å². The van der Waals surface area contributed by atoms with E-state index in [4.69, 9.17) is 9.98 Å². The zero-order chi connectivity index (χ0) is 16.6. The molecule has 0 amide bonds. The Morgan fingerprint density at radius 2 is 1.44 bits per heavy atom. The van der Waals surface area contributed by atoms with Crippen molar-refractivity contribution in [2.24, 2.45) is 4.99 Å². The van der Waals surface area contributed by atoms with E-state index in [0.29, 0.717) is 0 Å². The molecule has 0 aliphatic heterocycles. The van der Waals surface area contributed by atoms with Crippen molar-refractivity contribution in [3.05, 3.63) is 89.7 Å². The molecule has 0 aliphatic carbocycles.